The maximum Gasteiger partial charge on any atom is 0.213 e. The summed E-state index contributed by atoms with van der Waals surface area (Å²) in [5.41, 5.74) is 7.46. The van der Waals surface area contributed by atoms with Gasteiger partial charge < -0.3 is 10.5 Å². The van der Waals surface area contributed by atoms with Crippen LogP contribution in [0.3, 0.4) is 0 Å². The maximum atomic E-state index is 13.3. The Morgan fingerprint density at radius 2 is 2.00 bits per heavy atom. The van der Waals surface area contributed by atoms with Crippen molar-refractivity contribution in [3.05, 3.63) is 53.5 Å². The van der Waals surface area contributed by atoms with Gasteiger partial charge in [0.2, 0.25) is 5.88 Å². The van der Waals surface area contributed by atoms with Crippen LogP contribution in [0.25, 0.3) is 0 Å². The number of nitrogens with zero attached hydrogens (tertiary/aromatic N) is 1. The van der Waals surface area contributed by atoms with Crippen molar-refractivity contribution in [2.24, 2.45) is 0 Å². The van der Waals surface area contributed by atoms with E-state index in [0.29, 0.717) is 22.8 Å². The third-order valence-electron chi connectivity index (χ3n) is 2.43. The summed E-state index contributed by atoms with van der Waals surface area (Å²) in [5.74, 6) is 0.166. The standard InChI is InChI=1S/C13H13FN2O/c1-9-12(15)6-7-13(16-9)17-8-10-4-2-3-5-11(10)14/h2-7H,8,15H2,1H3. The first-order chi connectivity index (χ1) is 8.16. The molecule has 0 unspecified atom stereocenters. The summed E-state index contributed by atoms with van der Waals surface area (Å²) in [7, 11) is 0. The van der Waals surface area contributed by atoms with E-state index in [2.05, 4.69) is 4.98 Å². The zero-order chi connectivity index (χ0) is 12.3. The summed E-state index contributed by atoms with van der Waals surface area (Å²) in [6, 6.07) is 9.88. The molecule has 0 aliphatic carbocycles. The van der Waals surface area contributed by atoms with Crippen molar-refractivity contribution in [3.63, 3.8) is 0 Å². The minimum Gasteiger partial charge on any atom is -0.473 e. The molecule has 2 aromatic rings. The Balaban J connectivity index is 2.08. The van der Waals surface area contributed by atoms with E-state index in [-0.39, 0.29) is 12.4 Å². The van der Waals surface area contributed by atoms with Crippen molar-refractivity contribution in [2.45, 2.75) is 13.5 Å². The molecule has 0 aliphatic heterocycles. The summed E-state index contributed by atoms with van der Waals surface area (Å²) in [6.45, 7) is 1.95. The number of nitrogen functional groups attached to an aromatic ring is 1. The van der Waals surface area contributed by atoms with Crippen LogP contribution < -0.4 is 10.5 Å². The first kappa shape index (κ1) is 11.4. The monoisotopic (exact) mass is 232 g/mol. The van der Waals surface area contributed by atoms with E-state index in [1.807, 2.05) is 0 Å². The van der Waals surface area contributed by atoms with E-state index in [0.717, 1.165) is 0 Å². The smallest absolute Gasteiger partial charge is 0.213 e. The van der Waals surface area contributed by atoms with Crippen LogP contribution >= 0.6 is 0 Å². The van der Waals surface area contributed by atoms with Gasteiger partial charge in [-0.2, -0.15) is 0 Å². The van der Waals surface area contributed by atoms with E-state index in [1.165, 1.54) is 6.07 Å². The van der Waals surface area contributed by atoms with Gasteiger partial charge >= 0.3 is 0 Å². The molecule has 1 aromatic carbocycles. The van der Waals surface area contributed by atoms with Crippen LogP contribution in [0.4, 0.5) is 10.1 Å². The Morgan fingerprint density at radius 3 is 2.71 bits per heavy atom. The number of aryl methyl sites for hydroxylation is 1. The predicted octanol–water partition coefficient (Wildman–Crippen LogP) is 2.69. The number of benzene rings is 1. The minimum absolute atomic E-state index is 0.156. The topological polar surface area (TPSA) is 48.1 Å². The highest BCUT2D eigenvalue weighted by atomic mass is 19.1. The van der Waals surface area contributed by atoms with Gasteiger partial charge in [-0.1, -0.05) is 18.2 Å². The first-order valence-corrected chi connectivity index (χ1v) is 5.26. The molecule has 2 N–H and O–H groups in total. The van der Waals surface area contributed by atoms with Crippen LogP contribution in [-0.4, -0.2) is 4.98 Å². The number of nitrogens with two attached hydrogens (primary N) is 1. The maximum absolute atomic E-state index is 13.3. The van der Waals surface area contributed by atoms with Crippen LogP contribution in [-0.2, 0) is 6.61 Å². The number of halogens is 1. The quantitative estimate of drug-likeness (QED) is 0.885. The summed E-state index contributed by atoms with van der Waals surface area (Å²) in [4.78, 5) is 4.15. The van der Waals surface area contributed by atoms with Crippen molar-refractivity contribution >= 4 is 5.69 Å². The fourth-order valence-corrected chi connectivity index (χ4v) is 1.40. The number of ether oxygens (including phenoxy) is 1. The number of hydrogen-bond donors (Lipinski definition) is 1. The van der Waals surface area contributed by atoms with Gasteiger partial charge in [0, 0.05) is 11.6 Å². The molecule has 0 saturated heterocycles. The second kappa shape index (κ2) is 4.82. The third kappa shape index (κ3) is 2.72. The average Bonchev–Trinajstić information content (AvgIpc) is 2.32. The Morgan fingerprint density at radius 1 is 1.24 bits per heavy atom. The molecule has 1 heterocycles. The Hall–Kier alpha value is -2.10. The molecular weight excluding hydrogens is 219 g/mol. The van der Waals surface area contributed by atoms with E-state index in [9.17, 15) is 4.39 Å². The molecule has 4 heteroatoms. The molecule has 0 radical (unpaired) electrons. The number of rotatable bonds is 3. The van der Waals surface area contributed by atoms with Gasteiger partial charge in [-0.25, -0.2) is 9.37 Å². The molecule has 1 aromatic heterocycles. The lowest BCUT2D eigenvalue weighted by Crippen LogP contribution is -2.01. The number of aromatic nitrogens is 1. The lowest BCUT2D eigenvalue weighted by Gasteiger charge is -2.07. The second-order valence-electron chi connectivity index (χ2n) is 3.70. The van der Waals surface area contributed by atoms with E-state index >= 15 is 0 Å². The van der Waals surface area contributed by atoms with Crippen LogP contribution in [0, 0.1) is 12.7 Å². The summed E-state index contributed by atoms with van der Waals surface area (Å²) in [6.07, 6.45) is 0. The van der Waals surface area contributed by atoms with Crippen molar-refractivity contribution in [3.8, 4) is 5.88 Å². The van der Waals surface area contributed by atoms with Crippen LogP contribution in [0.15, 0.2) is 36.4 Å². The summed E-state index contributed by atoms with van der Waals surface area (Å²) in [5, 5.41) is 0. The molecule has 0 spiro atoms. The van der Waals surface area contributed by atoms with Gasteiger partial charge in [0.05, 0.1) is 11.4 Å². The van der Waals surface area contributed by atoms with Crippen molar-refractivity contribution in [2.75, 3.05) is 5.73 Å². The Kier molecular flexibility index (Phi) is 3.23. The minimum atomic E-state index is -0.278. The molecule has 0 bridgehead atoms. The van der Waals surface area contributed by atoms with Gasteiger partial charge in [-0.3, -0.25) is 0 Å². The highest BCUT2D eigenvalue weighted by Crippen LogP contribution is 2.16. The molecule has 0 saturated carbocycles. The van der Waals surface area contributed by atoms with Gasteiger partial charge in [0.15, 0.2) is 0 Å². The number of anilines is 1. The van der Waals surface area contributed by atoms with Gasteiger partial charge in [0.25, 0.3) is 0 Å². The number of pyridine rings is 1. The molecular formula is C13H13FN2O. The molecule has 2 rings (SSSR count). The summed E-state index contributed by atoms with van der Waals surface area (Å²) < 4.78 is 18.7. The van der Waals surface area contributed by atoms with Crippen LogP contribution in [0.1, 0.15) is 11.3 Å². The molecule has 88 valence electrons. The van der Waals surface area contributed by atoms with E-state index in [4.69, 9.17) is 10.5 Å². The molecule has 17 heavy (non-hydrogen) atoms. The van der Waals surface area contributed by atoms with Gasteiger partial charge in [-0.05, 0) is 19.1 Å². The fraction of sp³-hybridized carbons (Fsp3) is 0.154. The zero-order valence-electron chi connectivity index (χ0n) is 9.48. The SMILES string of the molecule is Cc1nc(OCc2ccccc2F)ccc1N. The summed E-state index contributed by atoms with van der Waals surface area (Å²) >= 11 is 0. The predicted molar refractivity (Wildman–Crippen MR) is 64.1 cm³/mol. The third-order valence-corrected chi connectivity index (χ3v) is 2.43. The van der Waals surface area contributed by atoms with Gasteiger partial charge in [0.1, 0.15) is 12.4 Å². The largest absolute Gasteiger partial charge is 0.473 e. The van der Waals surface area contributed by atoms with Gasteiger partial charge in [-0.15, -0.1) is 0 Å². The zero-order valence-corrected chi connectivity index (χ0v) is 9.48. The first-order valence-electron chi connectivity index (χ1n) is 5.26. The molecule has 3 nitrogen and oxygen atoms in total. The average molecular weight is 232 g/mol. The highest BCUT2D eigenvalue weighted by Gasteiger charge is 2.03. The van der Waals surface area contributed by atoms with E-state index in [1.54, 1.807) is 37.3 Å². The Bertz CT molecular complexity index is 529. The second-order valence-corrected chi connectivity index (χ2v) is 3.70. The highest BCUT2D eigenvalue weighted by molar-refractivity contribution is 5.43. The number of hydrogen-bond acceptors (Lipinski definition) is 3. The fourth-order valence-electron chi connectivity index (χ4n) is 1.40. The van der Waals surface area contributed by atoms with Crippen LogP contribution in [0.2, 0.25) is 0 Å². The normalized spacial score (nSPS) is 10.2. The van der Waals surface area contributed by atoms with Crippen molar-refractivity contribution in [1.29, 1.82) is 0 Å². The lowest BCUT2D eigenvalue weighted by atomic mass is 10.2. The molecule has 0 aliphatic rings. The van der Waals surface area contributed by atoms with Crippen molar-refractivity contribution in [1.82, 2.24) is 4.98 Å². The Labute approximate surface area is 99.1 Å². The van der Waals surface area contributed by atoms with E-state index < -0.39 is 0 Å². The lowest BCUT2D eigenvalue weighted by molar-refractivity contribution is 0.287. The molecule has 0 amide bonds. The molecule has 0 atom stereocenters. The molecule has 0 fully saturated rings. The van der Waals surface area contributed by atoms with Crippen molar-refractivity contribution < 1.29 is 9.13 Å². The van der Waals surface area contributed by atoms with Crippen LogP contribution in [0.5, 0.6) is 5.88 Å².